The minimum Gasteiger partial charge on any atom is -0.384 e. The molecule has 1 amide bonds. The quantitative estimate of drug-likeness (QED) is 0.624. The highest BCUT2D eigenvalue weighted by molar-refractivity contribution is 5.80. The zero-order chi connectivity index (χ0) is 12.8. The molecule has 3 heteroatoms. The maximum Gasteiger partial charge on any atom is 0.225 e. The van der Waals surface area contributed by atoms with Gasteiger partial charge in [0.2, 0.25) is 5.91 Å². The number of nitrogens with one attached hydrogen (secondary N) is 2. The van der Waals surface area contributed by atoms with Gasteiger partial charge in [-0.1, -0.05) is 18.2 Å². The second-order valence-electron chi connectivity index (χ2n) is 4.54. The Morgan fingerprint density at radius 1 is 1.50 bits per heavy atom. The first-order chi connectivity index (χ1) is 8.81. The fraction of sp³-hybridized carbons (Fsp3) is 0.400. The van der Waals surface area contributed by atoms with Crippen LogP contribution >= 0.6 is 0 Å². The molecule has 1 aromatic carbocycles. The number of unbranched alkanes of at least 4 members (excludes halogenated alkanes) is 1. The van der Waals surface area contributed by atoms with Crippen LogP contribution in [0.2, 0.25) is 0 Å². The van der Waals surface area contributed by atoms with Crippen molar-refractivity contribution in [2.24, 2.45) is 5.92 Å². The summed E-state index contributed by atoms with van der Waals surface area (Å²) in [5, 5.41) is 6.25. The van der Waals surface area contributed by atoms with Crippen LogP contribution in [-0.4, -0.2) is 19.0 Å². The van der Waals surface area contributed by atoms with E-state index in [2.05, 4.69) is 28.7 Å². The van der Waals surface area contributed by atoms with Crippen LogP contribution in [0.3, 0.4) is 0 Å². The molecule has 1 heterocycles. The van der Waals surface area contributed by atoms with Gasteiger partial charge in [-0.3, -0.25) is 4.79 Å². The van der Waals surface area contributed by atoms with Crippen LogP contribution in [0.1, 0.15) is 18.4 Å². The van der Waals surface area contributed by atoms with E-state index in [1.54, 1.807) is 0 Å². The third-order valence-corrected chi connectivity index (χ3v) is 3.19. The highest BCUT2D eigenvalue weighted by Gasteiger charge is 2.23. The number of hydrogen-bond donors (Lipinski definition) is 2. The molecule has 1 atom stereocenters. The van der Waals surface area contributed by atoms with Gasteiger partial charge in [0, 0.05) is 25.2 Å². The summed E-state index contributed by atoms with van der Waals surface area (Å²) in [6.45, 7) is 1.37. The van der Waals surface area contributed by atoms with Crippen molar-refractivity contribution in [3.8, 4) is 12.3 Å². The maximum atomic E-state index is 12.0. The van der Waals surface area contributed by atoms with Crippen LogP contribution in [0.15, 0.2) is 24.3 Å². The minimum absolute atomic E-state index is 0.0192. The van der Waals surface area contributed by atoms with Gasteiger partial charge in [-0.15, -0.1) is 12.3 Å². The zero-order valence-corrected chi connectivity index (χ0v) is 10.4. The summed E-state index contributed by atoms with van der Waals surface area (Å²) in [6, 6.07) is 8.14. The number of amides is 1. The van der Waals surface area contributed by atoms with Crippen LogP contribution in [0, 0.1) is 18.3 Å². The third-order valence-electron chi connectivity index (χ3n) is 3.19. The second-order valence-corrected chi connectivity index (χ2v) is 4.54. The largest absolute Gasteiger partial charge is 0.384 e. The molecule has 0 fully saturated rings. The topological polar surface area (TPSA) is 41.1 Å². The van der Waals surface area contributed by atoms with Crippen LogP contribution < -0.4 is 10.6 Å². The number of hydrogen-bond acceptors (Lipinski definition) is 2. The predicted molar refractivity (Wildman–Crippen MR) is 73.2 cm³/mol. The second kappa shape index (κ2) is 6.11. The monoisotopic (exact) mass is 242 g/mol. The van der Waals surface area contributed by atoms with E-state index in [0.717, 1.165) is 18.5 Å². The third kappa shape index (κ3) is 3.04. The van der Waals surface area contributed by atoms with E-state index in [-0.39, 0.29) is 11.8 Å². The first-order valence-electron chi connectivity index (χ1n) is 6.34. The van der Waals surface area contributed by atoms with Gasteiger partial charge in [0.1, 0.15) is 0 Å². The first-order valence-corrected chi connectivity index (χ1v) is 6.34. The van der Waals surface area contributed by atoms with Crippen LogP contribution in [0.25, 0.3) is 0 Å². The molecule has 0 saturated carbocycles. The zero-order valence-electron chi connectivity index (χ0n) is 10.4. The molecule has 1 aliphatic heterocycles. The van der Waals surface area contributed by atoms with E-state index in [1.807, 2.05) is 12.1 Å². The molecule has 1 aromatic rings. The summed E-state index contributed by atoms with van der Waals surface area (Å²) in [5.74, 6) is 2.71. The van der Waals surface area contributed by atoms with Crippen molar-refractivity contribution >= 4 is 11.6 Å². The Labute approximate surface area is 108 Å². The molecule has 0 aliphatic carbocycles. The van der Waals surface area contributed by atoms with E-state index in [0.29, 0.717) is 19.5 Å². The lowest BCUT2D eigenvalue weighted by Crippen LogP contribution is -2.38. The Morgan fingerprint density at radius 2 is 2.33 bits per heavy atom. The van der Waals surface area contributed by atoms with E-state index in [4.69, 9.17) is 6.42 Å². The van der Waals surface area contributed by atoms with Gasteiger partial charge >= 0.3 is 0 Å². The van der Waals surface area contributed by atoms with Gasteiger partial charge in [-0.25, -0.2) is 0 Å². The Morgan fingerprint density at radius 3 is 3.17 bits per heavy atom. The van der Waals surface area contributed by atoms with E-state index >= 15 is 0 Å². The van der Waals surface area contributed by atoms with Crippen molar-refractivity contribution in [3.05, 3.63) is 29.8 Å². The van der Waals surface area contributed by atoms with E-state index in [9.17, 15) is 4.79 Å². The summed E-state index contributed by atoms with van der Waals surface area (Å²) in [6.07, 6.45) is 7.54. The molecule has 0 radical (unpaired) electrons. The number of carbonyl (C=O) groups is 1. The van der Waals surface area contributed by atoms with Gasteiger partial charge in [0.25, 0.3) is 0 Å². The number of terminal acetylenes is 1. The van der Waals surface area contributed by atoms with E-state index in [1.165, 1.54) is 5.56 Å². The molecule has 0 aromatic heterocycles. The molecule has 94 valence electrons. The van der Waals surface area contributed by atoms with Gasteiger partial charge in [0.05, 0.1) is 5.92 Å². The smallest absolute Gasteiger partial charge is 0.225 e. The average Bonchev–Trinajstić information content (AvgIpc) is 2.43. The molecule has 3 nitrogen and oxygen atoms in total. The van der Waals surface area contributed by atoms with Gasteiger partial charge < -0.3 is 10.6 Å². The lowest BCUT2D eigenvalue weighted by molar-refractivity contribution is -0.124. The Balaban J connectivity index is 1.85. The summed E-state index contributed by atoms with van der Waals surface area (Å²) in [4.78, 5) is 12.0. The van der Waals surface area contributed by atoms with Crippen molar-refractivity contribution in [1.82, 2.24) is 5.32 Å². The molecular formula is C15H18N2O. The van der Waals surface area contributed by atoms with Gasteiger partial charge in [-0.2, -0.15) is 0 Å². The Kier molecular flexibility index (Phi) is 4.25. The number of benzene rings is 1. The first kappa shape index (κ1) is 12.5. The normalized spacial score (nSPS) is 17.2. The Hall–Kier alpha value is -1.95. The minimum atomic E-state index is 0.0192. The molecule has 0 bridgehead atoms. The van der Waals surface area contributed by atoms with Crippen molar-refractivity contribution in [2.75, 3.05) is 18.4 Å². The van der Waals surface area contributed by atoms with Crippen LogP contribution in [0.4, 0.5) is 5.69 Å². The summed E-state index contributed by atoms with van der Waals surface area (Å²) >= 11 is 0. The summed E-state index contributed by atoms with van der Waals surface area (Å²) < 4.78 is 0. The molecule has 1 aliphatic rings. The molecule has 1 unspecified atom stereocenters. The van der Waals surface area contributed by atoms with Gasteiger partial charge in [-0.05, 0) is 24.5 Å². The number of rotatable bonds is 4. The number of para-hydroxylation sites is 1. The lowest BCUT2D eigenvalue weighted by Gasteiger charge is -2.25. The fourth-order valence-electron chi connectivity index (χ4n) is 2.17. The van der Waals surface area contributed by atoms with Crippen molar-refractivity contribution in [3.63, 3.8) is 0 Å². The molecular weight excluding hydrogens is 224 g/mol. The molecule has 18 heavy (non-hydrogen) atoms. The highest BCUT2D eigenvalue weighted by atomic mass is 16.1. The van der Waals surface area contributed by atoms with Crippen molar-refractivity contribution in [2.45, 2.75) is 19.3 Å². The van der Waals surface area contributed by atoms with Crippen LogP contribution in [0.5, 0.6) is 0 Å². The molecule has 2 rings (SSSR count). The number of fused-ring (bicyclic) bond motifs is 1. The standard InChI is InChI=1S/C15H18N2O/c1-2-3-6-9-16-15(18)13-10-12-7-4-5-8-14(12)17-11-13/h1,4-5,7-8,13,17H,3,6,9-11H2,(H,16,18). The molecule has 0 spiro atoms. The van der Waals surface area contributed by atoms with Crippen LogP contribution in [-0.2, 0) is 11.2 Å². The van der Waals surface area contributed by atoms with E-state index < -0.39 is 0 Å². The van der Waals surface area contributed by atoms with Gasteiger partial charge in [0.15, 0.2) is 0 Å². The van der Waals surface area contributed by atoms with Crippen molar-refractivity contribution < 1.29 is 4.79 Å². The highest BCUT2D eigenvalue weighted by Crippen LogP contribution is 2.24. The number of anilines is 1. The predicted octanol–water partition coefficient (Wildman–Crippen LogP) is 1.80. The number of carbonyl (C=O) groups excluding carboxylic acids is 1. The molecule has 2 N–H and O–H groups in total. The SMILES string of the molecule is C#CCCCNC(=O)C1CNc2ccccc2C1. The Bertz CT molecular complexity index is 462. The lowest BCUT2D eigenvalue weighted by atomic mass is 9.93. The summed E-state index contributed by atoms with van der Waals surface area (Å²) in [5.41, 5.74) is 2.36. The fourth-order valence-corrected chi connectivity index (χ4v) is 2.17. The maximum absolute atomic E-state index is 12.0. The average molecular weight is 242 g/mol. The summed E-state index contributed by atoms with van der Waals surface area (Å²) in [7, 11) is 0. The molecule has 0 saturated heterocycles. The van der Waals surface area contributed by atoms with Crippen molar-refractivity contribution in [1.29, 1.82) is 0 Å².